The molecule has 2 aromatic heterocycles. The van der Waals surface area contributed by atoms with Crippen molar-refractivity contribution in [1.82, 2.24) is 20.2 Å². The van der Waals surface area contributed by atoms with E-state index in [4.69, 9.17) is 4.74 Å². The number of hydrogen-bond acceptors (Lipinski definition) is 5. The number of aromatic amines is 2. The van der Waals surface area contributed by atoms with Crippen LogP contribution in [0.4, 0.5) is 15.1 Å². The number of imidazole rings is 1. The van der Waals surface area contributed by atoms with Crippen molar-refractivity contribution in [3.05, 3.63) is 74.3 Å². The number of aromatic nitrogens is 4. The van der Waals surface area contributed by atoms with E-state index in [0.717, 1.165) is 29.3 Å². The summed E-state index contributed by atoms with van der Waals surface area (Å²) in [6.07, 6.45) is 5.42. The molecule has 2 aromatic carbocycles. The molecule has 0 radical (unpaired) electrons. The molecule has 0 aliphatic heterocycles. The SMILES string of the molecule is CCOC(=O)Nc1nc2ccc(-c3ccc(Cc4n[nH]c(=O)c5c4=CCCC=5)cc3F)cc2[nH]1. The van der Waals surface area contributed by atoms with E-state index in [1.807, 2.05) is 18.2 Å². The number of carbonyl (C=O) groups is 1. The molecule has 8 nitrogen and oxygen atoms in total. The molecule has 4 aromatic rings. The highest BCUT2D eigenvalue weighted by molar-refractivity contribution is 5.88. The molecule has 172 valence electrons. The van der Waals surface area contributed by atoms with Crippen molar-refractivity contribution in [2.45, 2.75) is 26.2 Å². The lowest BCUT2D eigenvalue weighted by molar-refractivity contribution is 0.167. The van der Waals surface area contributed by atoms with Crippen LogP contribution in [0.25, 0.3) is 34.3 Å². The summed E-state index contributed by atoms with van der Waals surface area (Å²) >= 11 is 0. The van der Waals surface area contributed by atoms with Gasteiger partial charge in [0.15, 0.2) is 0 Å². The first-order valence-corrected chi connectivity index (χ1v) is 11.0. The summed E-state index contributed by atoms with van der Waals surface area (Å²) in [6, 6.07) is 10.4. The van der Waals surface area contributed by atoms with Gasteiger partial charge < -0.3 is 9.72 Å². The van der Waals surface area contributed by atoms with E-state index < -0.39 is 6.09 Å². The summed E-state index contributed by atoms with van der Waals surface area (Å²) in [4.78, 5) is 30.9. The molecule has 9 heteroatoms. The Morgan fingerprint density at radius 2 is 1.97 bits per heavy atom. The summed E-state index contributed by atoms with van der Waals surface area (Å²) < 4.78 is 20.0. The molecule has 0 unspecified atom stereocenters. The van der Waals surface area contributed by atoms with Crippen LogP contribution in [-0.2, 0) is 11.2 Å². The third kappa shape index (κ3) is 4.19. The lowest BCUT2D eigenvalue weighted by atomic mass is 9.99. The number of rotatable bonds is 5. The maximum Gasteiger partial charge on any atom is 0.413 e. The van der Waals surface area contributed by atoms with Gasteiger partial charge in [0.2, 0.25) is 5.95 Å². The molecule has 0 bridgehead atoms. The van der Waals surface area contributed by atoms with Crippen molar-refractivity contribution in [2.75, 3.05) is 11.9 Å². The Hall–Kier alpha value is -4.27. The number of amides is 1. The minimum atomic E-state index is -0.600. The number of nitrogens with one attached hydrogen (secondary N) is 3. The maximum absolute atomic E-state index is 15.1. The van der Waals surface area contributed by atoms with Crippen molar-refractivity contribution < 1.29 is 13.9 Å². The average molecular weight is 459 g/mol. The summed E-state index contributed by atoms with van der Waals surface area (Å²) in [6.45, 7) is 1.97. The quantitative estimate of drug-likeness (QED) is 0.425. The topological polar surface area (TPSA) is 113 Å². The fourth-order valence-corrected chi connectivity index (χ4v) is 4.13. The van der Waals surface area contributed by atoms with E-state index in [2.05, 4.69) is 25.5 Å². The van der Waals surface area contributed by atoms with Crippen molar-refractivity contribution in [2.24, 2.45) is 0 Å². The second kappa shape index (κ2) is 8.93. The monoisotopic (exact) mass is 459 g/mol. The Kier molecular flexibility index (Phi) is 5.67. The molecular formula is C25H22FN5O3. The number of anilines is 1. The second-order valence-electron chi connectivity index (χ2n) is 7.97. The van der Waals surface area contributed by atoms with Crippen LogP contribution in [0.5, 0.6) is 0 Å². The Balaban J connectivity index is 1.42. The zero-order valence-electron chi connectivity index (χ0n) is 18.4. The molecule has 1 aliphatic rings. The van der Waals surface area contributed by atoms with Crippen LogP contribution >= 0.6 is 0 Å². The molecule has 2 heterocycles. The maximum atomic E-state index is 15.1. The van der Waals surface area contributed by atoms with Crippen LogP contribution in [0.1, 0.15) is 31.0 Å². The summed E-state index contributed by atoms with van der Waals surface area (Å²) in [5.74, 6) is -0.109. The van der Waals surface area contributed by atoms with E-state index >= 15 is 4.39 Å². The molecule has 1 aliphatic carbocycles. The number of benzene rings is 2. The fourth-order valence-electron chi connectivity index (χ4n) is 4.13. The van der Waals surface area contributed by atoms with Crippen LogP contribution < -0.4 is 21.3 Å². The van der Waals surface area contributed by atoms with Crippen molar-refractivity contribution in [3.8, 4) is 11.1 Å². The van der Waals surface area contributed by atoms with Gasteiger partial charge in [-0.15, -0.1) is 0 Å². The first kappa shape index (κ1) is 21.6. The fraction of sp³-hybridized carbons (Fsp3) is 0.200. The predicted octanol–water partition coefficient (Wildman–Crippen LogP) is 2.97. The first-order valence-electron chi connectivity index (χ1n) is 11.0. The molecule has 3 N–H and O–H groups in total. The molecule has 0 spiro atoms. The zero-order chi connectivity index (χ0) is 23.7. The predicted molar refractivity (Wildman–Crippen MR) is 127 cm³/mol. The standard InChI is InChI=1S/C25H22FN5O3/c1-2-34-25(33)29-24-27-20-10-8-15(13-22(20)28-24)16-9-7-14(11-19(16)26)12-21-17-5-3-4-6-18(17)23(32)31-30-21/h5-11,13H,2-4,12H2,1H3,(H,31,32)(H2,27,28,29,33). The smallest absolute Gasteiger partial charge is 0.413 e. The van der Waals surface area contributed by atoms with Crippen LogP contribution in [0, 0.1) is 5.82 Å². The van der Waals surface area contributed by atoms with Gasteiger partial charge in [-0.25, -0.2) is 19.3 Å². The molecule has 0 atom stereocenters. The number of halogens is 1. The summed E-state index contributed by atoms with van der Waals surface area (Å²) in [7, 11) is 0. The molecular weight excluding hydrogens is 437 g/mol. The Morgan fingerprint density at radius 3 is 2.76 bits per heavy atom. The number of carbonyl (C=O) groups excluding carboxylic acids is 1. The van der Waals surface area contributed by atoms with Crippen LogP contribution in [0.3, 0.4) is 0 Å². The zero-order valence-corrected chi connectivity index (χ0v) is 18.4. The number of nitrogens with zero attached hydrogens (tertiary/aromatic N) is 2. The minimum absolute atomic E-state index is 0.203. The van der Waals surface area contributed by atoms with Crippen LogP contribution in [-0.4, -0.2) is 32.9 Å². The molecule has 1 amide bonds. The third-order valence-electron chi connectivity index (χ3n) is 5.70. The van der Waals surface area contributed by atoms with Gasteiger partial charge in [-0.1, -0.05) is 30.4 Å². The van der Waals surface area contributed by atoms with E-state index in [0.29, 0.717) is 33.8 Å². The van der Waals surface area contributed by atoms with E-state index in [1.54, 1.807) is 31.2 Å². The van der Waals surface area contributed by atoms with Crippen molar-refractivity contribution in [3.63, 3.8) is 0 Å². The van der Waals surface area contributed by atoms with Crippen molar-refractivity contribution in [1.29, 1.82) is 0 Å². The first-order chi connectivity index (χ1) is 16.5. The van der Waals surface area contributed by atoms with E-state index in [-0.39, 0.29) is 23.9 Å². The normalized spacial score (nSPS) is 12.5. The highest BCUT2D eigenvalue weighted by Gasteiger charge is 2.12. The molecule has 34 heavy (non-hydrogen) atoms. The number of hydrogen-bond donors (Lipinski definition) is 3. The van der Waals surface area contributed by atoms with Gasteiger partial charge in [0.1, 0.15) is 5.82 Å². The number of fused-ring (bicyclic) bond motifs is 2. The van der Waals surface area contributed by atoms with Crippen LogP contribution in [0.15, 0.2) is 41.2 Å². The lowest BCUT2D eigenvalue weighted by Crippen LogP contribution is -2.45. The second-order valence-corrected chi connectivity index (χ2v) is 7.97. The van der Waals surface area contributed by atoms with Gasteiger partial charge in [-0.05, 0) is 49.1 Å². The van der Waals surface area contributed by atoms with Crippen molar-refractivity contribution >= 4 is 35.2 Å². The highest BCUT2D eigenvalue weighted by Crippen LogP contribution is 2.27. The lowest BCUT2D eigenvalue weighted by Gasteiger charge is -2.08. The van der Waals surface area contributed by atoms with E-state index in [9.17, 15) is 9.59 Å². The number of ether oxygens (including phenoxy) is 1. The molecule has 0 saturated carbocycles. The van der Waals surface area contributed by atoms with E-state index in [1.165, 1.54) is 6.07 Å². The largest absolute Gasteiger partial charge is 0.450 e. The third-order valence-corrected chi connectivity index (χ3v) is 5.70. The van der Waals surface area contributed by atoms with Crippen LogP contribution in [0.2, 0.25) is 0 Å². The Bertz CT molecular complexity index is 1590. The van der Waals surface area contributed by atoms with Gasteiger partial charge in [0.25, 0.3) is 5.56 Å². The summed E-state index contributed by atoms with van der Waals surface area (Å²) in [5.41, 5.74) is 3.68. The average Bonchev–Trinajstić information content (AvgIpc) is 3.22. The number of H-pyrrole nitrogens is 2. The molecule has 5 rings (SSSR count). The minimum Gasteiger partial charge on any atom is -0.450 e. The van der Waals surface area contributed by atoms with Gasteiger partial charge in [0, 0.05) is 22.4 Å². The Labute approximate surface area is 193 Å². The molecule has 0 saturated heterocycles. The Morgan fingerprint density at radius 1 is 1.15 bits per heavy atom. The van der Waals surface area contributed by atoms with Gasteiger partial charge in [-0.2, -0.15) is 5.10 Å². The van der Waals surface area contributed by atoms with Gasteiger partial charge >= 0.3 is 6.09 Å². The van der Waals surface area contributed by atoms with Gasteiger partial charge in [-0.3, -0.25) is 10.1 Å². The highest BCUT2D eigenvalue weighted by atomic mass is 19.1. The molecule has 0 fully saturated rings. The van der Waals surface area contributed by atoms with Gasteiger partial charge in [0.05, 0.1) is 23.3 Å². The summed E-state index contributed by atoms with van der Waals surface area (Å²) in [5, 5.41) is 10.7.